The number of aryl methyl sites for hydroxylation is 1. The molecule has 1 N–H and O–H groups in total. The van der Waals surface area contributed by atoms with E-state index >= 15 is 0 Å². The fourth-order valence-electron chi connectivity index (χ4n) is 2.60. The van der Waals surface area contributed by atoms with Crippen LogP contribution in [0.1, 0.15) is 11.3 Å². The Labute approximate surface area is 113 Å². The lowest BCUT2D eigenvalue weighted by atomic mass is 9.94. The largest absolute Gasteiger partial charge is 0.467 e. The zero-order chi connectivity index (χ0) is 13.2. The fourth-order valence-corrected chi connectivity index (χ4v) is 2.60. The van der Waals surface area contributed by atoms with Gasteiger partial charge in [0, 0.05) is 5.56 Å². The van der Waals surface area contributed by atoms with Gasteiger partial charge in [0.25, 0.3) is 0 Å². The fraction of sp³-hybridized carbons (Fsp3) is 0.176. The molecule has 96 valence electrons. The monoisotopic (exact) mass is 251 g/mol. The maximum atomic E-state index is 5.60. The maximum Gasteiger partial charge on any atom is 0.125 e. The molecule has 0 aliphatic rings. The highest BCUT2D eigenvalue weighted by atomic mass is 16.3. The lowest BCUT2D eigenvalue weighted by Gasteiger charge is -2.10. The van der Waals surface area contributed by atoms with E-state index in [1.165, 1.54) is 27.5 Å². The second-order valence-electron chi connectivity index (χ2n) is 4.77. The van der Waals surface area contributed by atoms with Crippen molar-refractivity contribution in [2.45, 2.75) is 13.5 Å². The Hall–Kier alpha value is -2.06. The molecule has 0 bridgehead atoms. The first-order valence-corrected chi connectivity index (χ1v) is 6.51. The highest BCUT2D eigenvalue weighted by Crippen LogP contribution is 2.34. The summed E-state index contributed by atoms with van der Waals surface area (Å²) in [6, 6.07) is 14.9. The van der Waals surface area contributed by atoms with Gasteiger partial charge in [0.2, 0.25) is 0 Å². The third-order valence-corrected chi connectivity index (χ3v) is 3.49. The highest BCUT2D eigenvalue weighted by molar-refractivity contribution is 5.98. The molecule has 0 aliphatic heterocycles. The molecule has 0 saturated heterocycles. The lowest BCUT2D eigenvalue weighted by Crippen LogP contribution is -2.05. The molecule has 0 spiro atoms. The molecule has 0 atom stereocenters. The topological polar surface area (TPSA) is 25.2 Å². The number of rotatable bonds is 3. The zero-order valence-electron chi connectivity index (χ0n) is 11.2. The summed E-state index contributed by atoms with van der Waals surface area (Å²) >= 11 is 0. The van der Waals surface area contributed by atoms with Crippen molar-refractivity contribution in [3.63, 3.8) is 0 Å². The molecule has 0 amide bonds. The van der Waals surface area contributed by atoms with Crippen LogP contribution >= 0.6 is 0 Å². The molecular weight excluding hydrogens is 234 g/mol. The van der Waals surface area contributed by atoms with Crippen LogP contribution in [0.15, 0.2) is 53.1 Å². The first kappa shape index (κ1) is 12.0. The van der Waals surface area contributed by atoms with E-state index < -0.39 is 0 Å². The van der Waals surface area contributed by atoms with Crippen LogP contribution in [0.4, 0.5) is 0 Å². The van der Waals surface area contributed by atoms with Gasteiger partial charge in [-0.1, -0.05) is 36.4 Å². The summed E-state index contributed by atoms with van der Waals surface area (Å²) in [6.45, 7) is 2.89. The van der Waals surface area contributed by atoms with Gasteiger partial charge in [-0.2, -0.15) is 0 Å². The molecule has 1 heterocycles. The average Bonchev–Trinajstić information content (AvgIpc) is 2.87. The molecule has 19 heavy (non-hydrogen) atoms. The smallest absolute Gasteiger partial charge is 0.125 e. The number of hydrogen-bond acceptors (Lipinski definition) is 2. The van der Waals surface area contributed by atoms with Crippen molar-refractivity contribution < 1.29 is 4.42 Å². The van der Waals surface area contributed by atoms with E-state index in [4.69, 9.17) is 4.42 Å². The molecule has 0 radical (unpaired) electrons. The Morgan fingerprint density at radius 3 is 2.74 bits per heavy atom. The van der Waals surface area contributed by atoms with Gasteiger partial charge in [-0.25, -0.2) is 0 Å². The third-order valence-electron chi connectivity index (χ3n) is 3.49. The lowest BCUT2D eigenvalue weighted by molar-refractivity contribution is 0.497. The first-order valence-electron chi connectivity index (χ1n) is 6.51. The van der Waals surface area contributed by atoms with Gasteiger partial charge in [0.15, 0.2) is 0 Å². The molecule has 1 aromatic heterocycles. The summed E-state index contributed by atoms with van der Waals surface area (Å²) in [6.07, 6.45) is 1.77. The Kier molecular flexibility index (Phi) is 3.10. The molecule has 3 rings (SSSR count). The van der Waals surface area contributed by atoms with E-state index in [1.54, 1.807) is 6.26 Å². The number of fused-ring (bicyclic) bond motifs is 1. The van der Waals surface area contributed by atoms with Gasteiger partial charge in [-0.3, -0.25) is 0 Å². The first-order chi connectivity index (χ1) is 9.31. The van der Waals surface area contributed by atoms with Crippen molar-refractivity contribution >= 4 is 10.8 Å². The van der Waals surface area contributed by atoms with Crippen molar-refractivity contribution in [2.75, 3.05) is 7.05 Å². The molecule has 2 heteroatoms. The predicted molar refractivity (Wildman–Crippen MR) is 79.2 cm³/mol. The summed E-state index contributed by atoms with van der Waals surface area (Å²) in [7, 11) is 1.93. The van der Waals surface area contributed by atoms with Gasteiger partial charge in [-0.15, -0.1) is 0 Å². The molecule has 0 fully saturated rings. The summed E-state index contributed by atoms with van der Waals surface area (Å²) in [5.74, 6) is 0.988. The van der Waals surface area contributed by atoms with Crippen LogP contribution in [0.25, 0.3) is 21.9 Å². The minimum absolute atomic E-state index is 0.741. The Bertz CT molecular complexity index is 712. The van der Waals surface area contributed by atoms with Crippen LogP contribution in [0.5, 0.6) is 0 Å². The van der Waals surface area contributed by atoms with E-state index in [2.05, 4.69) is 54.7 Å². The van der Waals surface area contributed by atoms with Gasteiger partial charge >= 0.3 is 0 Å². The van der Waals surface area contributed by atoms with Crippen molar-refractivity contribution in [3.8, 4) is 11.1 Å². The molecule has 0 unspecified atom stereocenters. The van der Waals surface area contributed by atoms with Crippen molar-refractivity contribution in [1.29, 1.82) is 0 Å². The molecule has 2 nitrogen and oxygen atoms in total. The van der Waals surface area contributed by atoms with Gasteiger partial charge < -0.3 is 9.73 Å². The van der Waals surface area contributed by atoms with E-state index in [1.807, 2.05) is 7.05 Å². The van der Waals surface area contributed by atoms with Crippen molar-refractivity contribution in [2.24, 2.45) is 0 Å². The van der Waals surface area contributed by atoms with Crippen LogP contribution in [0.3, 0.4) is 0 Å². The van der Waals surface area contributed by atoms with E-state index in [0.717, 1.165) is 12.3 Å². The van der Waals surface area contributed by atoms with Crippen LogP contribution in [0.2, 0.25) is 0 Å². The number of nitrogens with one attached hydrogen (secondary N) is 1. The van der Waals surface area contributed by atoms with E-state index in [9.17, 15) is 0 Å². The zero-order valence-corrected chi connectivity index (χ0v) is 11.2. The van der Waals surface area contributed by atoms with Crippen molar-refractivity contribution in [3.05, 3.63) is 60.1 Å². The third kappa shape index (κ3) is 2.04. The number of hydrogen-bond donors (Lipinski definition) is 1. The van der Waals surface area contributed by atoms with Gasteiger partial charge in [0.1, 0.15) is 5.76 Å². The van der Waals surface area contributed by atoms with Crippen LogP contribution in [-0.2, 0) is 6.54 Å². The quantitative estimate of drug-likeness (QED) is 0.757. The molecule has 0 aliphatic carbocycles. The SMILES string of the molecule is CNCc1occc1-c1c(C)ccc2ccccc12. The maximum absolute atomic E-state index is 5.60. The minimum atomic E-state index is 0.741. The Balaban J connectivity index is 2.29. The van der Waals surface area contributed by atoms with Crippen molar-refractivity contribution in [1.82, 2.24) is 5.32 Å². The van der Waals surface area contributed by atoms with E-state index in [0.29, 0.717) is 0 Å². The van der Waals surface area contributed by atoms with Gasteiger partial charge in [0.05, 0.1) is 12.8 Å². The highest BCUT2D eigenvalue weighted by Gasteiger charge is 2.13. The second kappa shape index (κ2) is 4.90. The normalized spacial score (nSPS) is 11.1. The van der Waals surface area contributed by atoms with Gasteiger partial charge in [-0.05, 0) is 41.9 Å². The summed E-state index contributed by atoms with van der Waals surface area (Å²) in [4.78, 5) is 0. The van der Waals surface area contributed by atoms with Crippen LogP contribution in [0, 0.1) is 6.92 Å². The average molecular weight is 251 g/mol. The summed E-state index contributed by atoms with van der Waals surface area (Å²) in [5.41, 5.74) is 3.73. The molecule has 3 aromatic rings. The second-order valence-corrected chi connectivity index (χ2v) is 4.77. The van der Waals surface area contributed by atoms with Crippen LogP contribution in [-0.4, -0.2) is 7.05 Å². The molecule has 0 saturated carbocycles. The molecule has 2 aromatic carbocycles. The minimum Gasteiger partial charge on any atom is -0.467 e. The number of benzene rings is 2. The molecular formula is C17H17NO. The Morgan fingerprint density at radius 1 is 1.05 bits per heavy atom. The summed E-state index contributed by atoms with van der Waals surface area (Å²) in [5, 5.41) is 5.70. The Morgan fingerprint density at radius 2 is 1.89 bits per heavy atom. The standard InChI is InChI=1S/C17H17NO/c1-12-7-8-13-5-3-4-6-14(13)17(12)15-9-10-19-16(15)11-18-2/h3-10,18H,11H2,1-2H3. The van der Waals surface area contributed by atoms with E-state index in [-0.39, 0.29) is 0 Å². The number of furan rings is 1. The van der Waals surface area contributed by atoms with Crippen LogP contribution < -0.4 is 5.32 Å². The predicted octanol–water partition coefficient (Wildman–Crippen LogP) is 4.13. The summed E-state index contributed by atoms with van der Waals surface area (Å²) < 4.78 is 5.60.